The van der Waals surface area contributed by atoms with E-state index < -0.39 is 0 Å². The zero-order valence-electron chi connectivity index (χ0n) is 22.3. The molecule has 0 radical (unpaired) electrons. The van der Waals surface area contributed by atoms with Crippen molar-refractivity contribution in [3.63, 3.8) is 0 Å². The Labute approximate surface area is 211 Å². The summed E-state index contributed by atoms with van der Waals surface area (Å²) in [5.41, 5.74) is 2.16. The van der Waals surface area contributed by atoms with Crippen molar-refractivity contribution in [2.24, 2.45) is 40.4 Å². The number of fused-ring (bicyclic) bond motifs is 5. The molecule has 2 amide bonds. The van der Waals surface area contributed by atoms with Crippen molar-refractivity contribution in [1.82, 2.24) is 9.80 Å². The molecule has 4 fully saturated rings. The Morgan fingerprint density at radius 2 is 1.77 bits per heavy atom. The Hall–Kier alpha value is -1.56. The van der Waals surface area contributed by atoms with Crippen LogP contribution in [0.2, 0.25) is 0 Å². The zero-order valence-corrected chi connectivity index (χ0v) is 22.3. The van der Waals surface area contributed by atoms with Crippen LogP contribution in [-0.4, -0.2) is 66.3 Å². The predicted octanol–water partition coefficient (Wildman–Crippen LogP) is 4.86. The van der Waals surface area contributed by atoms with Gasteiger partial charge in [0.05, 0.1) is 13.2 Å². The number of hydrogen-bond donors (Lipinski definition) is 1. The van der Waals surface area contributed by atoms with Crippen molar-refractivity contribution in [2.75, 3.05) is 33.3 Å². The van der Waals surface area contributed by atoms with Crippen LogP contribution in [-0.2, 0) is 9.53 Å². The molecule has 35 heavy (non-hydrogen) atoms. The molecule has 0 aromatic heterocycles. The van der Waals surface area contributed by atoms with Gasteiger partial charge in [-0.1, -0.05) is 32.4 Å². The van der Waals surface area contributed by atoms with Crippen LogP contribution in [0.5, 0.6) is 0 Å². The number of ether oxygens (including phenoxy) is 1. The molecule has 0 unspecified atom stereocenters. The number of carbonyl (C=O) groups is 2. The van der Waals surface area contributed by atoms with E-state index >= 15 is 0 Å². The fourth-order valence-electron chi connectivity index (χ4n) is 9.43. The van der Waals surface area contributed by atoms with Crippen LogP contribution >= 0.6 is 0 Å². The van der Waals surface area contributed by atoms with Crippen molar-refractivity contribution in [2.45, 2.75) is 84.7 Å². The minimum absolute atomic E-state index is 0.141. The van der Waals surface area contributed by atoms with Gasteiger partial charge in [-0.3, -0.25) is 4.79 Å². The van der Waals surface area contributed by atoms with E-state index in [2.05, 4.69) is 26.8 Å². The normalized spacial score (nSPS) is 41.9. The van der Waals surface area contributed by atoms with E-state index in [0.29, 0.717) is 49.9 Å². The number of nitrogens with zero attached hydrogens (tertiary/aromatic N) is 2. The molecule has 1 saturated heterocycles. The largest absolute Gasteiger partial charge is 0.453 e. The molecule has 0 aromatic rings. The van der Waals surface area contributed by atoms with Crippen LogP contribution in [0.25, 0.3) is 0 Å². The second kappa shape index (κ2) is 9.39. The summed E-state index contributed by atoms with van der Waals surface area (Å²) in [4.78, 5) is 28.6. The second-order valence-electron chi connectivity index (χ2n) is 12.9. The summed E-state index contributed by atoms with van der Waals surface area (Å²) in [5.74, 6) is 3.53. The third-order valence-electron chi connectivity index (χ3n) is 11.4. The summed E-state index contributed by atoms with van der Waals surface area (Å²) in [7, 11) is 1.41. The van der Waals surface area contributed by atoms with Gasteiger partial charge < -0.3 is 19.6 Å². The first-order valence-corrected chi connectivity index (χ1v) is 14.2. The van der Waals surface area contributed by atoms with Crippen LogP contribution in [0.4, 0.5) is 4.79 Å². The number of aliphatic hydroxyl groups is 1. The maximum Gasteiger partial charge on any atom is 0.409 e. The maximum absolute atomic E-state index is 13.2. The lowest BCUT2D eigenvalue weighted by Crippen LogP contribution is -2.52. The van der Waals surface area contributed by atoms with Gasteiger partial charge in [0.2, 0.25) is 5.91 Å². The van der Waals surface area contributed by atoms with Crippen molar-refractivity contribution in [3.8, 4) is 0 Å². The Morgan fingerprint density at radius 1 is 1.06 bits per heavy atom. The molecule has 6 nitrogen and oxygen atoms in total. The van der Waals surface area contributed by atoms with Crippen LogP contribution in [0.1, 0.15) is 78.6 Å². The molecule has 1 aliphatic heterocycles. The van der Waals surface area contributed by atoms with E-state index in [0.717, 1.165) is 37.0 Å². The molecule has 3 saturated carbocycles. The van der Waals surface area contributed by atoms with Gasteiger partial charge in [-0.2, -0.15) is 0 Å². The van der Waals surface area contributed by atoms with E-state index in [1.165, 1.54) is 39.2 Å². The van der Waals surface area contributed by atoms with Crippen LogP contribution in [0.15, 0.2) is 11.6 Å². The number of aliphatic hydroxyl groups excluding tert-OH is 1. The van der Waals surface area contributed by atoms with Crippen LogP contribution in [0.3, 0.4) is 0 Å². The number of amides is 2. The van der Waals surface area contributed by atoms with Gasteiger partial charge in [-0.25, -0.2) is 4.79 Å². The van der Waals surface area contributed by atoms with Crippen LogP contribution < -0.4 is 0 Å². The highest BCUT2D eigenvalue weighted by Gasteiger charge is 2.59. The summed E-state index contributed by atoms with van der Waals surface area (Å²) >= 11 is 0. The molecule has 0 spiro atoms. The Kier molecular flexibility index (Phi) is 6.73. The minimum atomic E-state index is -0.297. The molecule has 0 aromatic carbocycles. The zero-order chi connectivity index (χ0) is 25.0. The fraction of sp³-hybridized carbons (Fsp3) is 0.862. The summed E-state index contributed by atoms with van der Waals surface area (Å²) in [6.45, 7) is 9.70. The van der Waals surface area contributed by atoms with Crippen molar-refractivity contribution >= 4 is 12.0 Å². The molecule has 8 atom stereocenters. The van der Waals surface area contributed by atoms with Crippen molar-refractivity contribution < 1.29 is 19.4 Å². The quantitative estimate of drug-likeness (QED) is 0.578. The number of allylic oxidation sites excluding steroid dienone is 1. The Balaban J connectivity index is 1.23. The first-order valence-electron chi connectivity index (χ1n) is 14.2. The number of methoxy groups -OCH3 is 1. The van der Waals surface area contributed by atoms with E-state index in [9.17, 15) is 14.7 Å². The number of piperazine rings is 1. The number of hydrogen-bond acceptors (Lipinski definition) is 4. The summed E-state index contributed by atoms with van der Waals surface area (Å²) in [6, 6.07) is 0. The average molecular weight is 487 g/mol. The minimum Gasteiger partial charge on any atom is -0.453 e. The Morgan fingerprint density at radius 3 is 2.49 bits per heavy atom. The second-order valence-corrected chi connectivity index (χ2v) is 12.9. The summed E-state index contributed by atoms with van der Waals surface area (Å²) in [6.07, 6.45) is 12.0. The van der Waals surface area contributed by atoms with Gasteiger partial charge in [0.15, 0.2) is 0 Å². The predicted molar refractivity (Wildman–Crippen MR) is 136 cm³/mol. The molecule has 1 heterocycles. The molecule has 5 rings (SSSR count). The molecular weight excluding hydrogens is 440 g/mol. The highest BCUT2D eigenvalue weighted by atomic mass is 16.5. The highest BCUT2D eigenvalue weighted by molar-refractivity contribution is 5.77. The van der Waals surface area contributed by atoms with E-state index in [-0.39, 0.29) is 23.5 Å². The van der Waals surface area contributed by atoms with E-state index in [1.807, 2.05) is 4.90 Å². The molecule has 1 N–H and O–H groups in total. The lowest BCUT2D eigenvalue weighted by Gasteiger charge is -2.58. The molecule has 0 bridgehead atoms. The monoisotopic (exact) mass is 486 g/mol. The van der Waals surface area contributed by atoms with Gasteiger partial charge in [0.1, 0.15) is 0 Å². The molecular formula is C29H46N2O4. The van der Waals surface area contributed by atoms with Crippen molar-refractivity contribution in [1.29, 1.82) is 0 Å². The average Bonchev–Trinajstić information content (AvgIpc) is 3.21. The SMILES string of the molecule is COC(=O)N1CCN(C(=O)C[C@@H](C)[C@H]2CC[C@H]3[C@@H]4CC=C5C[C@@H](O)CC[C@]5(C)[C@H]4CC[C@]23C)CC1. The topological polar surface area (TPSA) is 70.1 Å². The van der Waals surface area contributed by atoms with E-state index in [1.54, 1.807) is 10.5 Å². The fourth-order valence-corrected chi connectivity index (χ4v) is 9.43. The summed E-state index contributed by atoms with van der Waals surface area (Å²) < 4.78 is 4.83. The van der Waals surface area contributed by atoms with Gasteiger partial charge in [-0.15, -0.1) is 0 Å². The molecule has 5 aliphatic rings. The van der Waals surface area contributed by atoms with Crippen LogP contribution in [0, 0.1) is 40.4 Å². The summed E-state index contributed by atoms with van der Waals surface area (Å²) in [5, 5.41) is 10.3. The molecule has 196 valence electrons. The Bertz CT molecular complexity index is 865. The first-order chi connectivity index (χ1) is 16.7. The third kappa shape index (κ3) is 4.22. The highest BCUT2D eigenvalue weighted by Crippen LogP contribution is 2.67. The van der Waals surface area contributed by atoms with E-state index in [4.69, 9.17) is 4.74 Å². The molecule has 6 heteroatoms. The standard InChI is InChI=1S/C29H46N2O4/c1-19(17-26(33)30-13-15-31(16-14-30)27(34)35-4)23-7-8-24-22-6-5-20-18-21(32)9-11-28(20,2)25(22)10-12-29(23,24)3/h5,19,21-25,32H,6-18H2,1-4H3/t19-,21+,22+,23-,24+,25+,28+,29-/m1/s1. The van der Waals surface area contributed by atoms with Crippen molar-refractivity contribution in [3.05, 3.63) is 11.6 Å². The lowest BCUT2D eigenvalue weighted by molar-refractivity contribution is -0.134. The number of rotatable bonds is 3. The third-order valence-corrected chi connectivity index (χ3v) is 11.4. The lowest BCUT2D eigenvalue weighted by atomic mass is 9.47. The maximum atomic E-state index is 13.2. The van der Waals surface area contributed by atoms with Gasteiger partial charge in [-0.05, 0) is 91.8 Å². The van der Waals surface area contributed by atoms with Gasteiger partial charge >= 0.3 is 6.09 Å². The van der Waals surface area contributed by atoms with Gasteiger partial charge in [0.25, 0.3) is 0 Å². The molecule has 4 aliphatic carbocycles. The number of carbonyl (C=O) groups excluding carboxylic acids is 2. The smallest absolute Gasteiger partial charge is 0.409 e. The van der Waals surface area contributed by atoms with Gasteiger partial charge in [0, 0.05) is 32.6 Å². The first kappa shape index (κ1) is 25.1.